The van der Waals surface area contributed by atoms with Crippen molar-refractivity contribution in [2.45, 2.75) is 121 Å². The van der Waals surface area contributed by atoms with Crippen LogP contribution in [0.15, 0.2) is 395 Å². The maximum absolute atomic E-state index is 6.09. The van der Waals surface area contributed by atoms with Gasteiger partial charge < -0.3 is 57.5 Å². The number of nitrogens with zero attached hydrogens (tertiary/aromatic N) is 8. The number of benzene rings is 12. The first-order chi connectivity index (χ1) is 69.2. The van der Waals surface area contributed by atoms with Gasteiger partial charge in [-0.15, -0.1) is 213 Å². The third-order valence-corrected chi connectivity index (χ3v) is 24.4. The molecule has 16 heteroatoms. The predicted octanol–water partition coefficient (Wildman–Crippen LogP) is 34.3. The van der Waals surface area contributed by atoms with Crippen LogP contribution in [0.2, 0.25) is 0 Å². The van der Waals surface area contributed by atoms with Crippen molar-refractivity contribution in [3.63, 3.8) is 0 Å². The minimum Gasteiger partial charge on any atom is -0.501 e. The van der Waals surface area contributed by atoms with E-state index < -0.39 is 0 Å². The van der Waals surface area contributed by atoms with Crippen molar-refractivity contribution in [2.75, 3.05) is 0 Å². The van der Waals surface area contributed by atoms with Gasteiger partial charge in [0.1, 0.15) is 22.3 Å². The average Bonchev–Trinajstić information content (AvgIpc) is 1.61. The molecule has 0 amide bonds. The van der Waals surface area contributed by atoms with Crippen LogP contribution < -0.4 is 0 Å². The number of hydrogen-bond acceptors (Lipinski definition) is 12. The number of pyridine rings is 8. The molecule has 0 aliphatic carbocycles. The average molecular weight is 2620 g/mol. The first-order valence-corrected chi connectivity index (χ1v) is 48.0. The maximum Gasteiger partial charge on any atom is 0.121 e. The summed E-state index contributed by atoms with van der Waals surface area (Å²) < 4.78 is 24.2. The molecule has 0 N–H and O–H groups in total. The Morgan fingerprint density at radius 3 is 0.945 bits per heavy atom. The molecular formula is C130H108Ir4N8O4-8. The normalized spacial score (nSPS) is 10.7. The summed E-state index contributed by atoms with van der Waals surface area (Å²) in [5.41, 5.74) is 34.7. The standard InChI is InChI=1S/2C19H14NO.2C18H12NO.4C14H14N.4Ir/c1-12-6-7-14-15-4-3-5-16(19(15)21-18(14)11-12)17-10-13(2)8-9-20-17;1-12-7-10-16(20-11-12)14-9-8-13(2)18-15-5-3-4-6-17(15)21-19(14)18;1-12-9-10-13(15-7-4-5-11-19-15)18-17(12)14-6-2-3-8-16(14)20-18;1-12-10-14-13-6-2-3-8-17(13)20-18(14)15(11-12)16-7-4-5-9-19-16;4*1-11(2)12-6-8-13(9-7-12)14-5-3-4-10-15-14;;;;/h3-4,6-11H,1-2H3;3-8,10-11H,1-2H3;2-9,11H,1H3;2-10H,1H3;4*3-8,10-11H,1-2H3;;;;/q8*-1;;;;. The van der Waals surface area contributed by atoms with Gasteiger partial charge in [-0.25, -0.2) is 0 Å². The van der Waals surface area contributed by atoms with Gasteiger partial charge >= 0.3 is 0 Å². The minimum absolute atomic E-state index is 0. The van der Waals surface area contributed by atoms with E-state index in [0.29, 0.717) is 23.7 Å². The van der Waals surface area contributed by atoms with Crippen LogP contribution in [0, 0.1) is 90.1 Å². The number of furan rings is 4. The Kier molecular flexibility index (Phi) is 38.7. The van der Waals surface area contributed by atoms with E-state index in [-0.39, 0.29) is 80.4 Å². The quantitative estimate of drug-likeness (QED) is 0.107. The molecule has 24 rings (SSSR count). The molecule has 736 valence electrons. The Hall–Kier alpha value is -14.4. The van der Waals surface area contributed by atoms with Crippen LogP contribution in [0.5, 0.6) is 0 Å². The van der Waals surface area contributed by atoms with Crippen molar-refractivity contribution in [3.8, 4) is 90.1 Å². The number of rotatable bonds is 12. The van der Waals surface area contributed by atoms with Gasteiger partial charge in [-0.05, 0) is 144 Å². The van der Waals surface area contributed by atoms with Crippen LogP contribution in [0.3, 0.4) is 0 Å². The van der Waals surface area contributed by atoms with Gasteiger partial charge in [-0.2, -0.15) is 0 Å². The second-order valence-electron chi connectivity index (χ2n) is 36.2. The molecule has 0 unspecified atom stereocenters. The number of para-hydroxylation sites is 3. The van der Waals surface area contributed by atoms with Crippen LogP contribution in [-0.4, -0.2) is 39.9 Å². The molecule has 4 radical (unpaired) electrons. The first kappa shape index (κ1) is 109. The van der Waals surface area contributed by atoms with Gasteiger partial charge in [-0.3, -0.25) is 0 Å². The van der Waals surface area contributed by atoms with Crippen LogP contribution in [0.4, 0.5) is 0 Å². The maximum atomic E-state index is 6.09. The third kappa shape index (κ3) is 26.7. The van der Waals surface area contributed by atoms with E-state index in [1.807, 2.05) is 220 Å². The molecule has 146 heavy (non-hydrogen) atoms. The van der Waals surface area contributed by atoms with Gasteiger partial charge in [0.25, 0.3) is 0 Å². The van der Waals surface area contributed by atoms with Gasteiger partial charge in [-0.1, -0.05) is 307 Å². The fourth-order valence-electron chi connectivity index (χ4n) is 16.6. The summed E-state index contributed by atoms with van der Waals surface area (Å²) in [7, 11) is 0. The predicted molar refractivity (Wildman–Crippen MR) is 582 cm³/mol. The number of fused-ring (bicyclic) bond motifs is 12. The SMILES string of the molecule is CC(C)c1c[c-]c(-c2ccccn2)cc1.CC(C)c1c[c-]c(-c2ccccn2)cc1.CC(C)c1c[c-]c(-c2ccccn2)cc1.CC(C)c1c[c-]c(-c2ccccn2)cc1.Cc1[c-]c(-c2ccccn2)c2oc3ccccc3c2c1.Cc1c[c-]c(-c2ccccn2)c2oc3ccccc3c12.Cc1ccc(-c2[c-]cc(C)c3c2oc2ccccc23)nc1.Cc1ccnc(-c2[c-]ccc3c2oc2cc(C)ccc23)c1.[Ir].[Ir].[Ir].[Ir]. The van der Waals surface area contributed by atoms with E-state index in [9.17, 15) is 0 Å². The van der Waals surface area contributed by atoms with Crippen LogP contribution in [0.1, 0.15) is 135 Å². The number of hydrogen-bond donors (Lipinski definition) is 0. The first-order valence-electron chi connectivity index (χ1n) is 48.0. The molecule has 0 spiro atoms. The fraction of sp³-hybridized carbons (Fsp3) is 0.138. The Morgan fingerprint density at radius 1 is 0.226 bits per heavy atom. The van der Waals surface area contributed by atoms with Crippen molar-refractivity contribution in [1.82, 2.24) is 39.9 Å². The monoisotopic (exact) mass is 2620 g/mol. The van der Waals surface area contributed by atoms with Crippen LogP contribution >= 0.6 is 0 Å². The zero-order chi connectivity index (χ0) is 98.5. The van der Waals surface area contributed by atoms with Crippen molar-refractivity contribution < 1.29 is 98.1 Å². The third-order valence-electron chi connectivity index (χ3n) is 24.4. The van der Waals surface area contributed by atoms with E-state index in [4.69, 9.17) is 17.7 Å². The Morgan fingerprint density at radius 2 is 0.562 bits per heavy atom. The summed E-state index contributed by atoms with van der Waals surface area (Å²) >= 11 is 0. The number of aromatic nitrogens is 8. The van der Waals surface area contributed by atoms with Gasteiger partial charge in [0.05, 0.1) is 22.3 Å². The summed E-state index contributed by atoms with van der Waals surface area (Å²) in [6.45, 7) is 29.9. The van der Waals surface area contributed by atoms with E-state index in [1.54, 1.807) is 37.2 Å². The minimum atomic E-state index is 0. The van der Waals surface area contributed by atoms with Gasteiger partial charge in [0.15, 0.2) is 0 Å². The molecule has 12 nitrogen and oxygen atoms in total. The van der Waals surface area contributed by atoms with E-state index in [2.05, 4.69) is 305 Å². The largest absolute Gasteiger partial charge is 0.501 e. The molecule has 0 saturated heterocycles. The van der Waals surface area contributed by atoms with Crippen molar-refractivity contribution in [1.29, 1.82) is 0 Å². The molecule has 24 aromatic rings. The van der Waals surface area contributed by atoms with E-state index in [0.717, 1.165) is 189 Å². The van der Waals surface area contributed by atoms with E-state index in [1.165, 1.54) is 44.5 Å². The second-order valence-corrected chi connectivity index (χ2v) is 36.2. The Balaban J connectivity index is 0.000000140. The van der Waals surface area contributed by atoms with Crippen LogP contribution in [0.25, 0.3) is 178 Å². The van der Waals surface area contributed by atoms with Gasteiger partial charge in [0, 0.05) is 152 Å². The second kappa shape index (κ2) is 51.9. The topological polar surface area (TPSA) is 156 Å². The Bertz CT molecular complexity index is 7950. The van der Waals surface area contributed by atoms with Crippen LogP contribution in [-0.2, 0) is 80.4 Å². The summed E-state index contributed by atoms with van der Waals surface area (Å²) in [5.74, 6) is 2.22. The van der Waals surface area contributed by atoms with Crippen molar-refractivity contribution in [3.05, 3.63) is 481 Å². The Labute approximate surface area is 909 Å². The molecule has 0 aliphatic heterocycles. The fourth-order valence-corrected chi connectivity index (χ4v) is 16.6. The molecule has 0 saturated carbocycles. The summed E-state index contributed by atoms with van der Waals surface area (Å²) in [6, 6.07) is 136. The zero-order valence-corrected chi connectivity index (χ0v) is 93.2. The molecule has 0 bridgehead atoms. The molecule has 12 aromatic carbocycles. The molecule has 0 aliphatic rings. The number of aryl methyl sites for hydroxylation is 6. The summed E-state index contributed by atoms with van der Waals surface area (Å²) in [4.78, 5) is 35.0. The van der Waals surface area contributed by atoms with E-state index >= 15 is 0 Å². The van der Waals surface area contributed by atoms with Gasteiger partial charge in [0.2, 0.25) is 0 Å². The molecular weight excluding hydrogens is 2510 g/mol. The van der Waals surface area contributed by atoms with Crippen molar-refractivity contribution in [2.24, 2.45) is 0 Å². The smallest absolute Gasteiger partial charge is 0.121 e. The molecule has 12 aromatic heterocycles. The molecule has 0 fully saturated rings. The molecule has 12 heterocycles. The van der Waals surface area contributed by atoms with Crippen molar-refractivity contribution >= 4 is 87.8 Å². The molecule has 0 atom stereocenters. The summed E-state index contributed by atoms with van der Waals surface area (Å²) in [6.07, 6.45) is 14.5. The summed E-state index contributed by atoms with van der Waals surface area (Å²) in [5, 5.41) is 9.11. The zero-order valence-electron chi connectivity index (χ0n) is 83.6.